The molecule has 0 aliphatic heterocycles. The van der Waals surface area contributed by atoms with Crippen molar-refractivity contribution in [1.82, 2.24) is 5.01 Å². The molecule has 2 aromatic rings. The van der Waals surface area contributed by atoms with Crippen LogP contribution in [0.5, 0.6) is 5.75 Å². The molecule has 0 fully saturated rings. The van der Waals surface area contributed by atoms with Crippen molar-refractivity contribution in [3.8, 4) is 5.75 Å². The Morgan fingerprint density at radius 1 is 1.09 bits per heavy atom. The second-order valence-corrected chi connectivity index (χ2v) is 6.70. The Kier molecular flexibility index (Phi) is 9.14. The molecule has 0 atom stereocenters. The summed E-state index contributed by atoms with van der Waals surface area (Å²) in [5, 5.41) is 29.3. The molecule has 0 saturated heterocycles. The highest BCUT2D eigenvalue weighted by Gasteiger charge is 2.29. The van der Waals surface area contributed by atoms with E-state index in [4.69, 9.17) is 20.1 Å². The van der Waals surface area contributed by atoms with Gasteiger partial charge in [-0.15, -0.1) is 5.11 Å². The number of hydrogen-bond donors (Lipinski definition) is 2. The predicted molar refractivity (Wildman–Crippen MR) is 113 cm³/mol. The van der Waals surface area contributed by atoms with Crippen LogP contribution in [0.15, 0.2) is 64.0 Å². The van der Waals surface area contributed by atoms with Crippen LogP contribution in [-0.4, -0.2) is 48.5 Å². The van der Waals surface area contributed by atoms with Gasteiger partial charge in [-0.3, -0.25) is 10.4 Å². The molecule has 0 unspecified atom stereocenters. The van der Waals surface area contributed by atoms with Gasteiger partial charge in [-0.1, -0.05) is 22.5 Å². The Balaban J connectivity index is 1.82. The minimum Gasteiger partial charge on any atom is -0.486 e. The summed E-state index contributed by atoms with van der Waals surface area (Å²) in [6.07, 6.45) is -4.37. The second kappa shape index (κ2) is 11.8. The van der Waals surface area contributed by atoms with Gasteiger partial charge in [0.1, 0.15) is 19.0 Å². The maximum atomic E-state index is 12.6. The van der Waals surface area contributed by atoms with Gasteiger partial charge in [0.05, 0.1) is 24.4 Å². The van der Waals surface area contributed by atoms with Crippen LogP contribution in [0.25, 0.3) is 0 Å². The molecule has 0 radical (unpaired) electrons. The molecule has 0 spiro atoms. The van der Waals surface area contributed by atoms with Gasteiger partial charge in [-0.2, -0.15) is 13.2 Å². The Hall–Kier alpha value is -3.47. The van der Waals surface area contributed by atoms with Gasteiger partial charge in [-0.05, 0) is 54.4 Å². The standard InChI is InChI=1S/C21H24F3N5O3/c1-15(27-32-13-16-3-7-18(8-4-16)21(22,23)24)17-5-9-19(10-6-17)31-14-20(25)26-28-29(2)11-12-30/h3-10,25,30H,11-14H2,1-2H3. The monoisotopic (exact) mass is 451 g/mol. The Labute approximate surface area is 183 Å². The summed E-state index contributed by atoms with van der Waals surface area (Å²) in [6, 6.07) is 11.6. The smallest absolute Gasteiger partial charge is 0.416 e. The number of nitrogens with one attached hydrogen (secondary N) is 1. The van der Waals surface area contributed by atoms with Crippen molar-refractivity contribution >= 4 is 11.5 Å². The van der Waals surface area contributed by atoms with Gasteiger partial charge < -0.3 is 14.7 Å². The molecule has 172 valence electrons. The zero-order valence-corrected chi connectivity index (χ0v) is 17.6. The molecule has 0 heterocycles. The maximum absolute atomic E-state index is 12.6. The summed E-state index contributed by atoms with van der Waals surface area (Å²) < 4.78 is 43.2. The molecule has 0 aromatic heterocycles. The van der Waals surface area contributed by atoms with E-state index in [1.54, 1.807) is 38.2 Å². The van der Waals surface area contributed by atoms with Crippen LogP contribution in [0.1, 0.15) is 23.6 Å². The summed E-state index contributed by atoms with van der Waals surface area (Å²) in [6.45, 7) is 1.96. The summed E-state index contributed by atoms with van der Waals surface area (Å²) in [5.41, 5.74) is 1.21. The van der Waals surface area contributed by atoms with Gasteiger partial charge in [0.2, 0.25) is 0 Å². The van der Waals surface area contributed by atoms with E-state index in [-0.39, 0.29) is 25.7 Å². The lowest BCUT2D eigenvalue weighted by atomic mass is 10.1. The fourth-order valence-electron chi connectivity index (χ4n) is 2.34. The number of rotatable bonds is 10. The summed E-state index contributed by atoms with van der Waals surface area (Å²) in [4.78, 5) is 5.24. The average molecular weight is 451 g/mol. The van der Waals surface area contributed by atoms with Crippen LogP contribution >= 0.6 is 0 Å². The molecule has 0 aliphatic rings. The van der Waals surface area contributed by atoms with E-state index in [0.717, 1.165) is 17.7 Å². The molecule has 8 nitrogen and oxygen atoms in total. The first-order valence-electron chi connectivity index (χ1n) is 9.56. The first-order chi connectivity index (χ1) is 15.2. The highest BCUT2D eigenvalue weighted by molar-refractivity contribution is 5.98. The number of oxime groups is 1. The quantitative estimate of drug-likeness (QED) is 0.243. The third-order valence-corrected chi connectivity index (χ3v) is 4.10. The van der Waals surface area contributed by atoms with Crippen LogP contribution in [-0.2, 0) is 17.6 Å². The molecule has 2 N–H and O–H groups in total. The lowest BCUT2D eigenvalue weighted by Gasteiger charge is -2.09. The van der Waals surface area contributed by atoms with Crippen molar-refractivity contribution in [3.05, 3.63) is 65.2 Å². The molecule has 2 aromatic carbocycles. The van der Waals surface area contributed by atoms with Crippen molar-refractivity contribution in [1.29, 1.82) is 5.41 Å². The van der Waals surface area contributed by atoms with Crippen LogP contribution in [0.4, 0.5) is 13.2 Å². The number of ether oxygens (including phenoxy) is 1. The zero-order valence-electron chi connectivity index (χ0n) is 17.6. The lowest BCUT2D eigenvalue weighted by Crippen LogP contribution is -2.16. The Bertz CT molecular complexity index is 929. The van der Waals surface area contributed by atoms with E-state index in [0.29, 0.717) is 23.6 Å². The molecule has 11 heteroatoms. The first kappa shape index (κ1) is 24.8. The molecule has 0 saturated carbocycles. The Morgan fingerprint density at radius 2 is 1.75 bits per heavy atom. The second-order valence-electron chi connectivity index (χ2n) is 6.70. The van der Waals surface area contributed by atoms with Gasteiger partial charge in [0, 0.05) is 7.05 Å². The number of alkyl halides is 3. The van der Waals surface area contributed by atoms with E-state index in [2.05, 4.69) is 15.5 Å². The van der Waals surface area contributed by atoms with E-state index in [9.17, 15) is 13.2 Å². The number of benzene rings is 2. The van der Waals surface area contributed by atoms with Gasteiger partial charge in [0.15, 0.2) is 5.84 Å². The molecule has 0 amide bonds. The van der Waals surface area contributed by atoms with Crippen LogP contribution in [0.2, 0.25) is 0 Å². The number of halogens is 3. The molecular weight excluding hydrogens is 427 g/mol. The number of hydrogen-bond acceptors (Lipinski definition) is 6. The molecule has 0 aliphatic carbocycles. The summed E-state index contributed by atoms with van der Waals surface area (Å²) in [7, 11) is 1.63. The highest BCUT2D eigenvalue weighted by Crippen LogP contribution is 2.29. The molecule has 2 rings (SSSR count). The number of amidine groups is 1. The van der Waals surface area contributed by atoms with Gasteiger partial charge >= 0.3 is 6.18 Å². The minimum atomic E-state index is -4.37. The van der Waals surface area contributed by atoms with E-state index in [1.165, 1.54) is 17.1 Å². The normalized spacial score (nSPS) is 12.1. The number of aliphatic hydroxyl groups excluding tert-OH is 1. The van der Waals surface area contributed by atoms with Gasteiger partial charge in [-0.25, -0.2) is 0 Å². The maximum Gasteiger partial charge on any atom is 0.416 e. The third-order valence-electron chi connectivity index (χ3n) is 4.10. The number of aliphatic hydroxyl groups is 1. The third kappa shape index (κ3) is 8.34. The van der Waals surface area contributed by atoms with Crippen LogP contribution < -0.4 is 4.74 Å². The van der Waals surface area contributed by atoms with Crippen molar-refractivity contribution in [2.75, 3.05) is 26.8 Å². The van der Waals surface area contributed by atoms with Crippen LogP contribution in [0.3, 0.4) is 0 Å². The average Bonchev–Trinajstić information content (AvgIpc) is 2.76. The Morgan fingerprint density at radius 3 is 2.34 bits per heavy atom. The van der Waals surface area contributed by atoms with Crippen molar-refractivity contribution in [3.63, 3.8) is 0 Å². The summed E-state index contributed by atoms with van der Waals surface area (Å²) >= 11 is 0. The SMILES string of the molecule is CC(=NOCc1ccc(C(F)(F)F)cc1)c1ccc(OCC(=N)N=NN(C)CCO)cc1. The topological polar surface area (TPSA) is 103 Å². The molecule has 32 heavy (non-hydrogen) atoms. The fraction of sp³-hybridized carbons (Fsp3) is 0.333. The largest absolute Gasteiger partial charge is 0.486 e. The highest BCUT2D eigenvalue weighted by atomic mass is 19.4. The number of nitrogens with zero attached hydrogens (tertiary/aromatic N) is 4. The van der Waals surface area contributed by atoms with Crippen molar-refractivity contribution in [2.24, 2.45) is 15.5 Å². The first-order valence-corrected chi connectivity index (χ1v) is 9.56. The van der Waals surface area contributed by atoms with Crippen molar-refractivity contribution in [2.45, 2.75) is 19.7 Å². The lowest BCUT2D eigenvalue weighted by molar-refractivity contribution is -0.137. The molecule has 0 bridgehead atoms. The summed E-state index contributed by atoms with van der Waals surface area (Å²) in [5.74, 6) is 0.448. The molecular formula is C21H24F3N5O3. The van der Waals surface area contributed by atoms with Gasteiger partial charge in [0.25, 0.3) is 0 Å². The van der Waals surface area contributed by atoms with Crippen LogP contribution in [0, 0.1) is 5.41 Å². The minimum absolute atomic E-state index is 0.0425. The van der Waals surface area contributed by atoms with E-state index < -0.39 is 11.7 Å². The van der Waals surface area contributed by atoms with E-state index in [1.807, 2.05) is 0 Å². The zero-order chi connectivity index (χ0) is 23.6. The number of likely N-dealkylation sites (N-methyl/N-ethyl adjacent to an activating group) is 1. The predicted octanol–water partition coefficient (Wildman–Crippen LogP) is 4.29. The fourth-order valence-corrected chi connectivity index (χ4v) is 2.34. The van der Waals surface area contributed by atoms with E-state index >= 15 is 0 Å². The van der Waals surface area contributed by atoms with Crippen molar-refractivity contribution < 1.29 is 27.9 Å².